The van der Waals surface area contributed by atoms with Gasteiger partial charge in [0.1, 0.15) is 5.82 Å². The molecule has 1 fully saturated rings. The molecule has 0 unspecified atom stereocenters. The van der Waals surface area contributed by atoms with Crippen LogP contribution in [-0.2, 0) is 0 Å². The fraction of sp³-hybridized carbons (Fsp3) is 0.312. The van der Waals surface area contributed by atoms with Gasteiger partial charge in [-0.05, 0) is 53.3 Å². The molecule has 1 amide bonds. The Bertz CT molecular complexity index is 615. The van der Waals surface area contributed by atoms with Gasteiger partial charge in [0.25, 0.3) is 5.91 Å². The molecular weight excluding hydrogens is 309 g/mol. The number of rotatable bonds is 2. The van der Waals surface area contributed by atoms with Gasteiger partial charge in [-0.15, -0.1) is 0 Å². The van der Waals surface area contributed by atoms with Crippen LogP contribution in [0.5, 0.6) is 0 Å². The van der Waals surface area contributed by atoms with Gasteiger partial charge in [-0.25, -0.2) is 4.39 Å². The molecule has 2 nitrogen and oxygen atoms in total. The smallest absolute Gasteiger partial charge is 0.258 e. The maximum absolute atomic E-state index is 13.8. The minimum atomic E-state index is -0.549. The molecule has 0 N–H and O–H groups in total. The van der Waals surface area contributed by atoms with Crippen molar-refractivity contribution in [3.8, 4) is 0 Å². The largest absolute Gasteiger partial charge is 0.338 e. The molecule has 0 saturated carbocycles. The highest BCUT2D eigenvalue weighted by molar-refractivity contribution is 7.07. The van der Waals surface area contributed by atoms with E-state index in [0.29, 0.717) is 19.0 Å². The van der Waals surface area contributed by atoms with Gasteiger partial charge in [-0.3, -0.25) is 4.79 Å². The maximum atomic E-state index is 13.8. The fourth-order valence-electron chi connectivity index (χ4n) is 2.78. The van der Waals surface area contributed by atoms with Crippen LogP contribution in [0.15, 0.2) is 35.0 Å². The van der Waals surface area contributed by atoms with Crippen molar-refractivity contribution in [1.29, 1.82) is 0 Å². The molecule has 2 heterocycles. The Morgan fingerprint density at radius 2 is 2.05 bits per heavy atom. The molecule has 0 radical (unpaired) electrons. The van der Waals surface area contributed by atoms with Gasteiger partial charge in [-0.2, -0.15) is 11.3 Å². The van der Waals surface area contributed by atoms with E-state index in [9.17, 15) is 9.18 Å². The summed E-state index contributed by atoms with van der Waals surface area (Å²) in [4.78, 5) is 14.1. The molecule has 1 aromatic heterocycles. The van der Waals surface area contributed by atoms with Gasteiger partial charge >= 0.3 is 0 Å². The zero-order valence-electron chi connectivity index (χ0n) is 11.4. The van der Waals surface area contributed by atoms with Crippen LogP contribution in [0, 0.1) is 5.82 Å². The summed E-state index contributed by atoms with van der Waals surface area (Å²) in [6.45, 7) is 1.29. The minimum Gasteiger partial charge on any atom is -0.338 e. The number of thiophene rings is 1. The zero-order valence-corrected chi connectivity index (χ0v) is 13.0. The lowest BCUT2D eigenvalue weighted by Gasteiger charge is -2.32. The molecular formula is C16H15ClFNOS. The molecule has 0 bridgehead atoms. The maximum Gasteiger partial charge on any atom is 0.258 e. The van der Waals surface area contributed by atoms with Gasteiger partial charge in [-0.1, -0.05) is 17.7 Å². The van der Waals surface area contributed by atoms with Gasteiger partial charge in [0, 0.05) is 13.1 Å². The van der Waals surface area contributed by atoms with Crippen molar-refractivity contribution >= 4 is 28.8 Å². The number of hydrogen-bond donors (Lipinski definition) is 0. The number of halogens is 2. The highest BCUT2D eigenvalue weighted by atomic mass is 35.5. The third-order valence-electron chi connectivity index (χ3n) is 3.97. The Hall–Kier alpha value is -1.39. The summed E-state index contributed by atoms with van der Waals surface area (Å²) in [5.74, 6) is -0.356. The first-order valence-corrected chi connectivity index (χ1v) is 8.24. The molecule has 5 heteroatoms. The van der Waals surface area contributed by atoms with E-state index in [1.54, 1.807) is 22.3 Å². The van der Waals surface area contributed by atoms with E-state index in [0.717, 1.165) is 12.8 Å². The monoisotopic (exact) mass is 323 g/mol. The number of benzene rings is 1. The first kappa shape index (κ1) is 14.5. The van der Waals surface area contributed by atoms with Crippen molar-refractivity contribution in [3.05, 3.63) is 57.0 Å². The number of carbonyl (C=O) groups excluding carboxylic acids is 1. The molecule has 0 aliphatic carbocycles. The third kappa shape index (κ3) is 2.97. The van der Waals surface area contributed by atoms with Crippen LogP contribution in [0.3, 0.4) is 0 Å². The van der Waals surface area contributed by atoms with E-state index in [1.165, 1.54) is 17.7 Å². The summed E-state index contributed by atoms with van der Waals surface area (Å²) >= 11 is 7.66. The quantitative estimate of drug-likeness (QED) is 0.793. The second kappa shape index (κ2) is 6.16. The number of piperidine rings is 1. The Morgan fingerprint density at radius 1 is 1.29 bits per heavy atom. The lowest BCUT2D eigenvalue weighted by atomic mass is 9.91. The van der Waals surface area contributed by atoms with E-state index < -0.39 is 5.82 Å². The molecule has 3 rings (SSSR count). The van der Waals surface area contributed by atoms with Gasteiger partial charge in [0.2, 0.25) is 0 Å². The van der Waals surface area contributed by atoms with E-state index >= 15 is 0 Å². The standard InChI is InChI=1S/C16H15ClFNOS/c17-13-2-1-3-14(18)15(13)16(20)19-7-4-11(5-8-19)12-6-9-21-10-12/h1-3,6,9-11H,4-5,7-8H2. The minimum absolute atomic E-state index is 0.00634. The molecule has 1 saturated heterocycles. The molecule has 110 valence electrons. The Labute approximate surface area is 132 Å². The van der Waals surface area contributed by atoms with E-state index in [-0.39, 0.29) is 16.5 Å². The summed E-state index contributed by atoms with van der Waals surface area (Å²) in [5.41, 5.74) is 1.34. The highest BCUT2D eigenvalue weighted by Gasteiger charge is 2.27. The molecule has 1 aliphatic heterocycles. The predicted molar refractivity (Wildman–Crippen MR) is 83.6 cm³/mol. The molecule has 0 spiro atoms. The Kier molecular flexibility index (Phi) is 4.27. The van der Waals surface area contributed by atoms with Gasteiger partial charge in [0.15, 0.2) is 0 Å². The zero-order chi connectivity index (χ0) is 14.8. The first-order chi connectivity index (χ1) is 10.2. The Morgan fingerprint density at radius 3 is 2.67 bits per heavy atom. The average molecular weight is 324 g/mol. The van der Waals surface area contributed by atoms with Crippen molar-refractivity contribution in [1.82, 2.24) is 4.90 Å². The molecule has 2 aromatic rings. The molecule has 21 heavy (non-hydrogen) atoms. The van der Waals surface area contributed by atoms with Crippen LogP contribution in [0.4, 0.5) is 4.39 Å². The summed E-state index contributed by atoms with van der Waals surface area (Å²) in [6.07, 6.45) is 1.82. The predicted octanol–water partition coefficient (Wildman–Crippen LogP) is 4.56. The number of hydrogen-bond acceptors (Lipinski definition) is 2. The lowest BCUT2D eigenvalue weighted by Crippen LogP contribution is -2.38. The van der Waals surface area contributed by atoms with Crippen molar-refractivity contribution in [2.75, 3.05) is 13.1 Å². The van der Waals surface area contributed by atoms with Gasteiger partial charge in [0.05, 0.1) is 10.6 Å². The third-order valence-corrected chi connectivity index (χ3v) is 4.99. The normalized spacial score (nSPS) is 16.2. The van der Waals surface area contributed by atoms with Crippen molar-refractivity contribution in [2.45, 2.75) is 18.8 Å². The number of likely N-dealkylation sites (tertiary alicyclic amines) is 1. The number of amides is 1. The molecule has 1 aliphatic rings. The van der Waals surface area contributed by atoms with E-state index in [1.807, 2.05) is 0 Å². The summed E-state index contributed by atoms with van der Waals surface area (Å²) in [5, 5.41) is 4.42. The fourth-order valence-corrected chi connectivity index (χ4v) is 3.77. The second-order valence-corrected chi connectivity index (χ2v) is 6.41. The second-order valence-electron chi connectivity index (χ2n) is 5.22. The summed E-state index contributed by atoms with van der Waals surface area (Å²) in [6, 6.07) is 6.48. The lowest BCUT2D eigenvalue weighted by molar-refractivity contribution is 0.0708. The SMILES string of the molecule is O=C(c1c(F)cccc1Cl)N1CCC(c2ccsc2)CC1. The van der Waals surface area contributed by atoms with E-state index in [4.69, 9.17) is 11.6 Å². The number of nitrogens with zero attached hydrogens (tertiary/aromatic N) is 1. The first-order valence-electron chi connectivity index (χ1n) is 6.92. The average Bonchev–Trinajstić information content (AvgIpc) is 3.01. The van der Waals surface area contributed by atoms with Crippen LogP contribution >= 0.6 is 22.9 Å². The molecule has 0 atom stereocenters. The van der Waals surface area contributed by atoms with Gasteiger partial charge < -0.3 is 4.90 Å². The summed E-state index contributed by atoms with van der Waals surface area (Å²) in [7, 11) is 0. The van der Waals surface area contributed by atoms with Crippen LogP contribution in [0.1, 0.15) is 34.7 Å². The van der Waals surface area contributed by atoms with Crippen LogP contribution in [0.2, 0.25) is 5.02 Å². The topological polar surface area (TPSA) is 20.3 Å². The molecule has 1 aromatic carbocycles. The summed E-state index contributed by atoms with van der Waals surface area (Å²) < 4.78 is 13.8. The van der Waals surface area contributed by atoms with Crippen molar-refractivity contribution < 1.29 is 9.18 Å². The number of carbonyl (C=O) groups is 1. The van der Waals surface area contributed by atoms with Crippen LogP contribution < -0.4 is 0 Å². The Balaban J connectivity index is 1.71. The van der Waals surface area contributed by atoms with Crippen molar-refractivity contribution in [3.63, 3.8) is 0 Å². The van der Waals surface area contributed by atoms with Crippen LogP contribution in [-0.4, -0.2) is 23.9 Å². The van der Waals surface area contributed by atoms with E-state index in [2.05, 4.69) is 16.8 Å². The van der Waals surface area contributed by atoms with Crippen LogP contribution in [0.25, 0.3) is 0 Å². The van der Waals surface area contributed by atoms with Crippen molar-refractivity contribution in [2.24, 2.45) is 0 Å². The highest BCUT2D eigenvalue weighted by Crippen LogP contribution is 2.31.